The van der Waals surface area contributed by atoms with Crippen LogP contribution in [0.25, 0.3) is 0 Å². The van der Waals surface area contributed by atoms with Crippen molar-refractivity contribution in [1.29, 1.82) is 0 Å². The van der Waals surface area contributed by atoms with Crippen LogP contribution in [0.5, 0.6) is 11.5 Å². The van der Waals surface area contributed by atoms with Crippen molar-refractivity contribution >= 4 is 11.6 Å². The molecule has 2 N–H and O–H groups in total. The number of rotatable bonds is 2. The van der Waals surface area contributed by atoms with E-state index >= 15 is 0 Å². The number of piperidine rings is 1. The van der Waals surface area contributed by atoms with E-state index in [2.05, 4.69) is 11.4 Å². The van der Waals surface area contributed by atoms with Gasteiger partial charge in [0.1, 0.15) is 0 Å². The van der Waals surface area contributed by atoms with E-state index in [1.165, 1.54) is 5.56 Å². The Bertz CT molecular complexity index is 913. The van der Waals surface area contributed by atoms with E-state index < -0.39 is 6.10 Å². The molecule has 146 valence electrons. The lowest BCUT2D eigenvalue weighted by molar-refractivity contribution is 0.0382. The number of para-hydroxylation sites is 1. The normalized spacial score (nSPS) is 23.1. The lowest BCUT2D eigenvalue weighted by atomic mass is 9.86. The molecule has 0 bridgehead atoms. The van der Waals surface area contributed by atoms with Crippen molar-refractivity contribution in [2.75, 3.05) is 31.7 Å². The number of ether oxygens (including phenoxy) is 2. The minimum atomic E-state index is -0.606. The maximum Gasteiger partial charge on any atom is 0.256 e. The number of aryl methyl sites for hydroxylation is 1. The van der Waals surface area contributed by atoms with Gasteiger partial charge in [-0.1, -0.05) is 18.2 Å². The summed E-state index contributed by atoms with van der Waals surface area (Å²) < 4.78 is 10.8. The van der Waals surface area contributed by atoms with Gasteiger partial charge in [0, 0.05) is 25.6 Å². The Morgan fingerprint density at radius 3 is 2.96 bits per heavy atom. The Balaban J connectivity index is 1.33. The molecular weight excluding hydrogens is 356 g/mol. The van der Waals surface area contributed by atoms with Gasteiger partial charge in [-0.2, -0.15) is 0 Å². The van der Waals surface area contributed by atoms with Gasteiger partial charge in [-0.05, 0) is 48.6 Å². The number of β-amino-alcohol motifs (C(OH)–C–C–N with tert-alkyl or cyclic N) is 1. The number of benzene rings is 2. The van der Waals surface area contributed by atoms with Crippen LogP contribution in [0.2, 0.25) is 0 Å². The molecule has 3 aliphatic rings. The number of aliphatic hydroxyl groups is 1. The summed E-state index contributed by atoms with van der Waals surface area (Å²) in [6.45, 7) is 2.09. The molecule has 3 heterocycles. The molecule has 3 aliphatic heterocycles. The second-order valence-electron chi connectivity index (χ2n) is 7.70. The lowest BCUT2D eigenvalue weighted by Gasteiger charge is -2.37. The van der Waals surface area contributed by atoms with E-state index in [9.17, 15) is 9.90 Å². The summed E-state index contributed by atoms with van der Waals surface area (Å²) in [5.41, 5.74) is 3.91. The number of likely N-dealkylation sites (tertiary alicyclic amines) is 1. The molecule has 1 amide bonds. The zero-order chi connectivity index (χ0) is 19.1. The molecule has 0 aromatic heterocycles. The molecule has 0 radical (unpaired) electrons. The molecule has 0 saturated carbocycles. The van der Waals surface area contributed by atoms with Gasteiger partial charge >= 0.3 is 0 Å². The fourth-order valence-electron chi connectivity index (χ4n) is 4.51. The van der Waals surface area contributed by atoms with Crippen molar-refractivity contribution in [3.8, 4) is 11.5 Å². The summed E-state index contributed by atoms with van der Waals surface area (Å²) in [4.78, 5) is 14.9. The highest BCUT2D eigenvalue weighted by Gasteiger charge is 2.33. The van der Waals surface area contributed by atoms with E-state index in [0.29, 0.717) is 18.7 Å². The van der Waals surface area contributed by atoms with Crippen LogP contribution >= 0.6 is 0 Å². The number of aliphatic hydroxyl groups excluding tert-OH is 1. The molecule has 28 heavy (non-hydrogen) atoms. The molecule has 2 aromatic rings. The average molecular weight is 380 g/mol. The zero-order valence-electron chi connectivity index (χ0n) is 15.7. The Kier molecular flexibility index (Phi) is 4.36. The van der Waals surface area contributed by atoms with E-state index in [0.717, 1.165) is 48.6 Å². The Hall–Kier alpha value is -2.73. The number of carbonyl (C=O) groups excluding carboxylic acids is 1. The Morgan fingerprint density at radius 2 is 2.07 bits per heavy atom. The highest BCUT2D eigenvalue weighted by Crippen LogP contribution is 2.38. The molecule has 1 fully saturated rings. The SMILES string of the molecule is O=C(c1cccc2c1NCCC2)N1CC[C@@H](c2ccc3c(c2)OCO3)[C@H](O)C1. The summed E-state index contributed by atoms with van der Waals surface area (Å²) in [7, 11) is 0. The molecule has 6 nitrogen and oxygen atoms in total. The monoisotopic (exact) mass is 380 g/mol. The number of carbonyl (C=O) groups is 1. The van der Waals surface area contributed by atoms with Gasteiger partial charge in [-0.15, -0.1) is 0 Å². The van der Waals surface area contributed by atoms with Crippen molar-refractivity contribution < 1.29 is 19.4 Å². The van der Waals surface area contributed by atoms with Crippen molar-refractivity contribution in [1.82, 2.24) is 4.90 Å². The first-order valence-corrected chi connectivity index (χ1v) is 9.93. The first-order chi connectivity index (χ1) is 13.7. The third kappa shape index (κ3) is 2.98. The second-order valence-corrected chi connectivity index (χ2v) is 7.70. The number of hydrogen-bond acceptors (Lipinski definition) is 5. The summed E-state index contributed by atoms with van der Waals surface area (Å²) in [5.74, 6) is 1.45. The van der Waals surface area contributed by atoms with Crippen molar-refractivity contribution in [3.63, 3.8) is 0 Å². The van der Waals surface area contributed by atoms with Gasteiger partial charge in [-0.25, -0.2) is 0 Å². The fourth-order valence-corrected chi connectivity index (χ4v) is 4.51. The minimum absolute atomic E-state index is 0.00515. The molecule has 6 heteroatoms. The second kappa shape index (κ2) is 7.02. The highest BCUT2D eigenvalue weighted by atomic mass is 16.7. The van der Waals surface area contributed by atoms with E-state index in [4.69, 9.17) is 9.47 Å². The summed E-state index contributed by atoms with van der Waals surface area (Å²) in [6, 6.07) is 11.7. The van der Waals surface area contributed by atoms with Crippen LogP contribution in [0.4, 0.5) is 5.69 Å². The molecule has 2 aromatic carbocycles. The van der Waals surface area contributed by atoms with Crippen LogP contribution in [-0.2, 0) is 6.42 Å². The first-order valence-electron chi connectivity index (χ1n) is 9.93. The van der Waals surface area contributed by atoms with Gasteiger partial charge in [0.05, 0.1) is 17.4 Å². The van der Waals surface area contributed by atoms with Gasteiger partial charge in [0.15, 0.2) is 11.5 Å². The van der Waals surface area contributed by atoms with Crippen molar-refractivity contribution in [2.24, 2.45) is 0 Å². The van der Waals surface area contributed by atoms with Crippen LogP contribution in [0.3, 0.4) is 0 Å². The van der Waals surface area contributed by atoms with Crippen LogP contribution < -0.4 is 14.8 Å². The van der Waals surface area contributed by atoms with Crippen LogP contribution in [0.15, 0.2) is 36.4 Å². The first kappa shape index (κ1) is 17.4. The van der Waals surface area contributed by atoms with Gasteiger partial charge < -0.3 is 24.8 Å². The van der Waals surface area contributed by atoms with E-state index in [1.807, 2.05) is 30.3 Å². The van der Waals surface area contributed by atoms with Crippen molar-refractivity contribution in [3.05, 3.63) is 53.1 Å². The van der Waals surface area contributed by atoms with Crippen LogP contribution in [0, 0.1) is 0 Å². The number of fused-ring (bicyclic) bond motifs is 2. The minimum Gasteiger partial charge on any atom is -0.454 e. The highest BCUT2D eigenvalue weighted by molar-refractivity contribution is 6.00. The molecule has 0 unspecified atom stereocenters. The standard InChI is InChI=1S/C22H24N2O4/c25-18-12-24(22(26)17-5-1-3-14-4-2-9-23-21(14)17)10-8-16(18)15-6-7-19-20(11-15)28-13-27-19/h1,3,5-7,11,16,18,23,25H,2,4,8-10,12-13H2/t16-,18+/m0/s1. The van der Waals surface area contributed by atoms with Gasteiger partial charge in [-0.3, -0.25) is 4.79 Å². The van der Waals surface area contributed by atoms with Crippen LogP contribution in [-0.4, -0.2) is 48.4 Å². The predicted molar refractivity (Wildman–Crippen MR) is 105 cm³/mol. The maximum absolute atomic E-state index is 13.2. The number of nitrogens with zero attached hydrogens (tertiary/aromatic N) is 1. The quantitative estimate of drug-likeness (QED) is 0.838. The molecule has 1 saturated heterocycles. The van der Waals surface area contributed by atoms with Crippen LogP contribution in [0.1, 0.15) is 40.2 Å². The smallest absolute Gasteiger partial charge is 0.256 e. The number of anilines is 1. The van der Waals surface area contributed by atoms with Gasteiger partial charge in [0.25, 0.3) is 5.91 Å². The molecule has 0 aliphatic carbocycles. The summed E-state index contributed by atoms with van der Waals surface area (Å²) in [6.07, 6.45) is 2.20. The third-order valence-electron chi connectivity index (χ3n) is 6.00. The largest absolute Gasteiger partial charge is 0.454 e. The van der Waals surface area contributed by atoms with E-state index in [1.54, 1.807) is 4.90 Å². The number of amides is 1. The molecular formula is C22H24N2O4. The predicted octanol–water partition coefficient (Wildman–Crippen LogP) is 2.76. The molecule has 5 rings (SSSR count). The molecule has 2 atom stereocenters. The lowest BCUT2D eigenvalue weighted by Crippen LogP contribution is -2.46. The maximum atomic E-state index is 13.2. The third-order valence-corrected chi connectivity index (χ3v) is 6.00. The number of hydrogen-bond donors (Lipinski definition) is 2. The number of nitrogens with one attached hydrogen (secondary N) is 1. The summed E-state index contributed by atoms with van der Waals surface area (Å²) in [5, 5.41) is 14.2. The fraction of sp³-hybridized carbons (Fsp3) is 0.409. The molecule has 0 spiro atoms. The Morgan fingerprint density at radius 1 is 1.18 bits per heavy atom. The Labute approximate surface area is 164 Å². The zero-order valence-corrected chi connectivity index (χ0v) is 15.7. The van der Waals surface area contributed by atoms with E-state index in [-0.39, 0.29) is 18.6 Å². The summed E-state index contributed by atoms with van der Waals surface area (Å²) >= 11 is 0. The average Bonchev–Trinajstić information content (AvgIpc) is 3.20. The van der Waals surface area contributed by atoms with Gasteiger partial charge in [0.2, 0.25) is 6.79 Å². The topological polar surface area (TPSA) is 71.0 Å². The van der Waals surface area contributed by atoms with Crippen molar-refractivity contribution in [2.45, 2.75) is 31.3 Å².